The van der Waals surface area contributed by atoms with Crippen molar-refractivity contribution < 1.29 is 14.7 Å². The zero-order chi connectivity index (χ0) is 16.2. The van der Waals surface area contributed by atoms with E-state index >= 15 is 0 Å². The van der Waals surface area contributed by atoms with Gasteiger partial charge in [0.1, 0.15) is 0 Å². The van der Waals surface area contributed by atoms with Crippen LogP contribution >= 0.6 is 23.5 Å². The molecule has 0 aliphatic carbocycles. The lowest BCUT2D eigenvalue weighted by Gasteiger charge is -2.21. The summed E-state index contributed by atoms with van der Waals surface area (Å²) in [6.07, 6.45) is 1.26. The van der Waals surface area contributed by atoms with Crippen molar-refractivity contribution in [1.82, 2.24) is 5.32 Å². The third kappa shape index (κ3) is 4.43. The Morgan fingerprint density at radius 2 is 1.82 bits per heavy atom. The minimum Gasteiger partial charge on any atom is -0.481 e. The predicted molar refractivity (Wildman–Crippen MR) is 92.5 cm³/mol. The van der Waals surface area contributed by atoms with Crippen molar-refractivity contribution in [2.75, 3.05) is 18.1 Å². The third-order valence-electron chi connectivity index (χ3n) is 3.54. The van der Waals surface area contributed by atoms with E-state index in [4.69, 9.17) is 5.11 Å². The standard InChI is InChI=1S/C16H21NO3S2/c1-16(2,15(19)20)10-17-13(18)11-4-6-12(7-5-11)14-21-8-3-9-22-14/h4-7,14H,3,8-10H2,1-2H3,(H,17,18)(H,19,20). The van der Waals surface area contributed by atoms with Crippen molar-refractivity contribution in [2.24, 2.45) is 5.41 Å². The summed E-state index contributed by atoms with van der Waals surface area (Å²) in [5, 5.41) is 11.7. The Balaban J connectivity index is 1.95. The third-order valence-corrected chi connectivity index (χ3v) is 6.56. The summed E-state index contributed by atoms with van der Waals surface area (Å²) < 4.78 is 0.455. The van der Waals surface area contributed by atoms with Crippen LogP contribution in [0.2, 0.25) is 0 Å². The van der Waals surface area contributed by atoms with Crippen LogP contribution in [0.4, 0.5) is 0 Å². The second-order valence-corrected chi connectivity index (χ2v) is 8.65. The number of amides is 1. The second-order valence-electron chi connectivity index (χ2n) is 5.92. The van der Waals surface area contributed by atoms with Crippen molar-refractivity contribution in [3.8, 4) is 0 Å². The van der Waals surface area contributed by atoms with Gasteiger partial charge in [-0.15, -0.1) is 23.5 Å². The van der Waals surface area contributed by atoms with Gasteiger partial charge >= 0.3 is 5.97 Å². The van der Waals surface area contributed by atoms with Crippen LogP contribution in [0.3, 0.4) is 0 Å². The van der Waals surface area contributed by atoms with Crippen LogP contribution in [0, 0.1) is 5.41 Å². The number of benzene rings is 1. The molecule has 2 rings (SSSR count). The summed E-state index contributed by atoms with van der Waals surface area (Å²) in [5.41, 5.74) is 0.832. The number of hydrogen-bond acceptors (Lipinski definition) is 4. The Morgan fingerprint density at radius 3 is 2.36 bits per heavy atom. The first-order valence-corrected chi connectivity index (χ1v) is 9.35. The highest BCUT2D eigenvalue weighted by atomic mass is 32.2. The van der Waals surface area contributed by atoms with E-state index in [1.807, 2.05) is 47.8 Å². The summed E-state index contributed by atoms with van der Waals surface area (Å²) in [6, 6.07) is 7.61. The molecule has 0 radical (unpaired) electrons. The molecule has 1 aromatic rings. The summed E-state index contributed by atoms with van der Waals surface area (Å²) in [4.78, 5) is 23.1. The fourth-order valence-corrected chi connectivity index (χ4v) is 4.85. The van der Waals surface area contributed by atoms with Crippen LogP contribution in [0.25, 0.3) is 0 Å². The van der Waals surface area contributed by atoms with E-state index < -0.39 is 11.4 Å². The maximum Gasteiger partial charge on any atom is 0.310 e. The van der Waals surface area contributed by atoms with Crippen molar-refractivity contribution in [3.05, 3.63) is 35.4 Å². The molecule has 0 atom stereocenters. The van der Waals surface area contributed by atoms with E-state index in [9.17, 15) is 9.59 Å². The summed E-state index contributed by atoms with van der Waals surface area (Å²) in [6.45, 7) is 3.30. The molecule has 1 amide bonds. The molecule has 6 heteroatoms. The highest BCUT2D eigenvalue weighted by Crippen LogP contribution is 2.43. The topological polar surface area (TPSA) is 66.4 Å². The quantitative estimate of drug-likeness (QED) is 0.861. The van der Waals surface area contributed by atoms with Gasteiger partial charge in [-0.25, -0.2) is 0 Å². The number of aliphatic carboxylic acids is 1. The number of hydrogen-bond donors (Lipinski definition) is 2. The number of carboxylic acid groups (broad SMARTS) is 1. The molecule has 0 bridgehead atoms. The van der Waals surface area contributed by atoms with Crippen LogP contribution in [0.5, 0.6) is 0 Å². The van der Waals surface area contributed by atoms with Crippen molar-refractivity contribution in [1.29, 1.82) is 0 Å². The minimum atomic E-state index is -0.967. The van der Waals surface area contributed by atoms with E-state index in [1.54, 1.807) is 13.8 Å². The molecule has 1 aliphatic heterocycles. The number of rotatable bonds is 5. The zero-order valence-electron chi connectivity index (χ0n) is 12.8. The van der Waals surface area contributed by atoms with Gasteiger partial charge in [0.05, 0.1) is 10.00 Å². The monoisotopic (exact) mass is 339 g/mol. The molecule has 1 aromatic carbocycles. The van der Waals surface area contributed by atoms with Gasteiger partial charge < -0.3 is 10.4 Å². The van der Waals surface area contributed by atoms with Gasteiger partial charge in [0.2, 0.25) is 0 Å². The van der Waals surface area contributed by atoms with Crippen molar-refractivity contribution >= 4 is 35.4 Å². The van der Waals surface area contributed by atoms with Gasteiger partial charge in [0.25, 0.3) is 5.91 Å². The average Bonchev–Trinajstić information content (AvgIpc) is 2.53. The normalized spacial score (nSPS) is 16.3. The average molecular weight is 339 g/mol. The van der Waals surface area contributed by atoms with E-state index in [0.717, 1.165) is 0 Å². The number of carbonyl (C=O) groups excluding carboxylic acids is 1. The molecule has 120 valence electrons. The van der Waals surface area contributed by atoms with Gasteiger partial charge in [-0.1, -0.05) is 12.1 Å². The van der Waals surface area contributed by atoms with Crippen LogP contribution in [-0.4, -0.2) is 35.0 Å². The van der Waals surface area contributed by atoms with E-state index in [2.05, 4.69) is 5.32 Å². The number of carbonyl (C=O) groups is 2. The van der Waals surface area contributed by atoms with Crippen molar-refractivity contribution in [3.63, 3.8) is 0 Å². The number of thioether (sulfide) groups is 2. The number of nitrogens with one attached hydrogen (secondary N) is 1. The van der Waals surface area contributed by atoms with Gasteiger partial charge in [-0.3, -0.25) is 9.59 Å². The fourth-order valence-electron chi connectivity index (χ4n) is 1.95. The van der Waals surface area contributed by atoms with Gasteiger partial charge in [-0.2, -0.15) is 0 Å². The molecule has 0 saturated carbocycles. The van der Waals surface area contributed by atoms with Crippen LogP contribution in [0.15, 0.2) is 24.3 Å². The maximum absolute atomic E-state index is 12.1. The molecule has 1 heterocycles. The Labute approximate surface area is 139 Å². The smallest absolute Gasteiger partial charge is 0.310 e. The molecule has 1 aliphatic rings. The highest BCUT2D eigenvalue weighted by Gasteiger charge is 2.27. The second kappa shape index (κ2) is 7.42. The first-order chi connectivity index (χ1) is 10.4. The molecular weight excluding hydrogens is 318 g/mol. The highest BCUT2D eigenvalue weighted by molar-refractivity contribution is 8.16. The summed E-state index contributed by atoms with van der Waals surface area (Å²) in [5.74, 6) is 1.22. The molecule has 0 unspecified atom stereocenters. The van der Waals surface area contributed by atoms with E-state index in [1.165, 1.54) is 23.5 Å². The Bertz CT molecular complexity index is 537. The minimum absolute atomic E-state index is 0.108. The Kier molecular flexibility index (Phi) is 5.81. The molecule has 2 N–H and O–H groups in total. The molecule has 0 spiro atoms. The van der Waals surface area contributed by atoms with Gasteiger partial charge in [0.15, 0.2) is 0 Å². The molecule has 0 aromatic heterocycles. The zero-order valence-corrected chi connectivity index (χ0v) is 14.4. The lowest BCUT2D eigenvalue weighted by molar-refractivity contribution is -0.146. The van der Waals surface area contributed by atoms with Crippen molar-refractivity contribution in [2.45, 2.75) is 24.9 Å². The number of carboxylic acids is 1. The van der Waals surface area contributed by atoms with E-state index in [0.29, 0.717) is 10.1 Å². The Hall–Kier alpha value is -1.14. The summed E-state index contributed by atoms with van der Waals surface area (Å²) in [7, 11) is 0. The molecular formula is C16H21NO3S2. The molecule has 4 nitrogen and oxygen atoms in total. The largest absolute Gasteiger partial charge is 0.481 e. The lowest BCUT2D eigenvalue weighted by atomic mass is 9.94. The SMILES string of the molecule is CC(C)(CNC(=O)c1ccc(C2SCCCS2)cc1)C(=O)O. The van der Waals surface area contributed by atoms with Gasteiger partial charge in [0, 0.05) is 12.1 Å². The lowest BCUT2D eigenvalue weighted by Crippen LogP contribution is -2.38. The maximum atomic E-state index is 12.1. The van der Waals surface area contributed by atoms with E-state index in [-0.39, 0.29) is 12.5 Å². The molecule has 1 saturated heterocycles. The first-order valence-electron chi connectivity index (χ1n) is 7.25. The van der Waals surface area contributed by atoms with Crippen LogP contribution in [-0.2, 0) is 4.79 Å². The van der Waals surface area contributed by atoms with Gasteiger partial charge in [-0.05, 0) is 49.5 Å². The Morgan fingerprint density at radius 1 is 1.23 bits per heavy atom. The summed E-state index contributed by atoms with van der Waals surface area (Å²) >= 11 is 3.89. The molecule has 22 heavy (non-hydrogen) atoms. The fraction of sp³-hybridized carbons (Fsp3) is 0.500. The first kappa shape index (κ1) is 17.2. The van der Waals surface area contributed by atoms with Crippen LogP contribution < -0.4 is 5.32 Å². The molecule has 1 fully saturated rings. The van der Waals surface area contributed by atoms with Crippen LogP contribution in [0.1, 0.15) is 40.8 Å². The predicted octanol–water partition coefficient (Wildman–Crippen LogP) is 3.40.